The van der Waals surface area contributed by atoms with Crippen LogP contribution in [0.4, 0.5) is 0 Å². The Morgan fingerprint density at radius 2 is 2.05 bits per heavy atom. The molecule has 2 aromatic carbocycles. The van der Waals surface area contributed by atoms with Crippen LogP contribution in [-0.2, 0) is 13.6 Å². The van der Waals surface area contributed by atoms with Crippen molar-refractivity contribution in [1.29, 1.82) is 0 Å². The van der Waals surface area contributed by atoms with E-state index in [2.05, 4.69) is 26.6 Å². The molecule has 0 aliphatic rings. The number of nitrogens with two attached hydrogens (primary N) is 1. The fraction of sp³-hybridized carbons (Fsp3) is 0.133. The number of hydrogen-bond acceptors (Lipinski definition) is 2. The number of halogens is 2. The summed E-state index contributed by atoms with van der Waals surface area (Å²) >= 11 is 9.49. The molecule has 0 unspecified atom stereocenters. The van der Waals surface area contributed by atoms with Crippen molar-refractivity contribution < 1.29 is 0 Å². The van der Waals surface area contributed by atoms with Gasteiger partial charge in [-0.1, -0.05) is 17.7 Å². The molecule has 102 valence electrons. The fourth-order valence-corrected chi connectivity index (χ4v) is 2.76. The van der Waals surface area contributed by atoms with Crippen LogP contribution >= 0.6 is 27.5 Å². The van der Waals surface area contributed by atoms with E-state index in [9.17, 15) is 0 Å². The lowest BCUT2D eigenvalue weighted by Crippen LogP contribution is -1.95. The van der Waals surface area contributed by atoms with Crippen molar-refractivity contribution in [1.82, 2.24) is 9.55 Å². The smallest absolute Gasteiger partial charge is 0.140 e. The summed E-state index contributed by atoms with van der Waals surface area (Å²) in [6, 6.07) is 11.9. The molecule has 3 rings (SSSR count). The summed E-state index contributed by atoms with van der Waals surface area (Å²) in [4.78, 5) is 4.71. The van der Waals surface area contributed by atoms with Gasteiger partial charge in [0.15, 0.2) is 0 Å². The van der Waals surface area contributed by atoms with Crippen molar-refractivity contribution in [2.75, 3.05) is 0 Å². The molecule has 3 nitrogen and oxygen atoms in total. The molecule has 1 aromatic heterocycles. The average molecular weight is 351 g/mol. The molecular formula is C15H13BrClN3. The molecule has 5 heteroatoms. The maximum Gasteiger partial charge on any atom is 0.140 e. The standard InChI is InChI=1S/C15H13BrClN3/c1-20-14-5-2-9(8-18)6-13(14)19-15(20)10-3-4-12(17)11(16)7-10/h2-7H,8,18H2,1H3. The number of imidazole rings is 1. The van der Waals surface area contributed by atoms with Gasteiger partial charge in [0.1, 0.15) is 5.82 Å². The third-order valence-corrected chi connectivity index (χ3v) is 4.57. The van der Waals surface area contributed by atoms with Gasteiger partial charge in [-0.3, -0.25) is 0 Å². The minimum Gasteiger partial charge on any atom is -0.327 e. The monoisotopic (exact) mass is 349 g/mol. The molecule has 0 atom stereocenters. The topological polar surface area (TPSA) is 43.8 Å². The number of hydrogen-bond donors (Lipinski definition) is 1. The quantitative estimate of drug-likeness (QED) is 0.755. The zero-order chi connectivity index (χ0) is 14.3. The maximum atomic E-state index is 6.04. The van der Waals surface area contributed by atoms with Crippen molar-refractivity contribution in [3.05, 3.63) is 51.5 Å². The molecule has 0 aliphatic carbocycles. The molecular weight excluding hydrogens is 338 g/mol. The van der Waals surface area contributed by atoms with Crippen molar-refractivity contribution in [3.63, 3.8) is 0 Å². The first-order chi connectivity index (χ1) is 9.60. The highest BCUT2D eigenvalue weighted by molar-refractivity contribution is 9.10. The molecule has 0 bridgehead atoms. The van der Waals surface area contributed by atoms with Crippen molar-refractivity contribution >= 4 is 38.6 Å². The van der Waals surface area contributed by atoms with Crippen molar-refractivity contribution in [3.8, 4) is 11.4 Å². The average Bonchev–Trinajstić information content (AvgIpc) is 2.78. The summed E-state index contributed by atoms with van der Waals surface area (Å²) in [6.45, 7) is 0.522. The van der Waals surface area contributed by atoms with Crippen LogP contribution in [0, 0.1) is 0 Å². The minimum atomic E-state index is 0.522. The predicted octanol–water partition coefficient (Wildman–Crippen LogP) is 4.11. The van der Waals surface area contributed by atoms with Crippen LogP contribution < -0.4 is 5.73 Å². The van der Waals surface area contributed by atoms with E-state index < -0.39 is 0 Å². The van der Waals surface area contributed by atoms with Crippen LogP contribution in [0.25, 0.3) is 22.4 Å². The first kappa shape index (κ1) is 13.6. The lowest BCUT2D eigenvalue weighted by atomic mass is 10.2. The van der Waals surface area contributed by atoms with Crippen molar-refractivity contribution in [2.24, 2.45) is 12.8 Å². The van der Waals surface area contributed by atoms with Crippen LogP contribution in [0.5, 0.6) is 0 Å². The van der Waals surface area contributed by atoms with Crippen LogP contribution in [-0.4, -0.2) is 9.55 Å². The molecule has 1 heterocycles. The minimum absolute atomic E-state index is 0.522. The molecule has 0 spiro atoms. The Bertz CT molecular complexity index is 795. The van der Waals surface area contributed by atoms with Crippen LogP contribution in [0.15, 0.2) is 40.9 Å². The van der Waals surface area contributed by atoms with E-state index in [-0.39, 0.29) is 0 Å². The normalized spacial score (nSPS) is 11.2. The second-order valence-electron chi connectivity index (χ2n) is 4.65. The summed E-state index contributed by atoms with van der Waals surface area (Å²) in [5.41, 5.74) is 9.82. The van der Waals surface area contributed by atoms with Gasteiger partial charge < -0.3 is 10.3 Å². The Balaban J connectivity index is 2.20. The van der Waals surface area contributed by atoms with Gasteiger partial charge in [-0.25, -0.2) is 4.98 Å². The highest BCUT2D eigenvalue weighted by Crippen LogP contribution is 2.30. The molecule has 20 heavy (non-hydrogen) atoms. The van der Waals surface area contributed by atoms with Crippen LogP contribution in [0.2, 0.25) is 5.02 Å². The van der Waals surface area contributed by atoms with Gasteiger partial charge in [-0.15, -0.1) is 0 Å². The van der Waals surface area contributed by atoms with E-state index >= 15 is 0 Å². The van der Waals surface area contributed by atoms with Gasteiger partial charge in [0.25, 0.3) is 0 Å². The molecule has 0 saturated carbocycles. The summed E-state index contributed by atoms with van der Waals surface area (Å²) in [5, 5.41) is 0.693. The lowest BCUT2D eigenvalue weighted by Gasteiger charge is -2.04. The van der Waals surface area contributed by atoms with Gasteiger partial charge in [0.2, 0.25) is 0 Å². The van der Waals surface area contributed by atoms with Gasteiger partial charge in [-0.05, 0) is 51.8 Å². The first-order valence-electron chi connectivity index (χ1n) is 6.21. The SMILES string of the molecule is Cn1c(-c2ccc(Cl)c(Br)c2)nc2cc(CN)ccc21. The Hall–Kier alpha value is -1.36. The molecule has 0 amide bonds. The number of benzene rings is 2. The second-order valence-corrected chi connectivity index (χ2v) is 5.91. The third-order valence-electron chi connectivity index (χ3n) is 3.36. The molecule has 0 saturated heterocycles. The zero-order valence-electron chi connectivity index (χ0n) is 10.9. The summed E-state index contributed by atoms with van der Waals surface area (Å²) in [6.07, 6.45) is 0. The number of aryl methyl sites for hydroxylation is 1. The highest BCUT2D eigenvalue weighted by Gasteiger charge is 2.11. The molecule has 0 aliphatic heterocycles. The summed E-state index contributed by atoms with van der Waals surface area (Å²) < 4.78 is 2.94. The van der Waals surface area contributed by atoms with E-state index in [0.717, 1.165) is 32.5 Å². The Labute approximate surface area is 130 Å². The highest BCUT2D eigenvalue weighted by atomic mass is 79.9. The lowest BCUT2D eigenvalue weighted by molar-refractivity contribution is 0.959. The number of nitrogens with zero attached hydrogens (tertiary/aromatic N) is 2. The molecule has 0 fully saturated rings. The number of fused-ring (bicyclic) bond motifs is 1. The Kier molecular flexibility index (Phi) is 3.54. The summed E-state index contributed by atoms with van der Waals surface area (Å²) in [5.74, 6) is 0.909. The molecule has 0 radical (unpaired) electrons. The van der Waals surface area contributed by atoms with E-state index in [1.165, 1.54) is 0 Å². The molecule has 2 N–H and O–H groups in total. The van der Waals surface area contributed by atoms with Gasteiger partial charge in [0, 0.05) is 23.6 Å². The van der Waals surface area contributed by atoms with Gasteiger partial charge in [0.05, 0.1) is 16.1 Å². The zero-order valence-corrected chi connectivity index (χ0v) is 13.2. The third kappa shape index (κ3) is 2.24. The maximum absolute atomic E-state index is 6.04. The first-order valence-corrected chi connectivity index (χ1v) is 7.38. The van der Waals surface area contributed by atoms with Crippen molar-refractivity contribution in [2.45, 2.75) is 6.54 Å². The fourth-order valence-electron chi connectivity index (χ4n) is 2.27. The van der Waals surface area contributed by atoms with E-state index in [1.807, 2.05) is 37.4 Å². The summed E-state index contributed by atoms with van der Waals surface area (Å²) in [7, 11) is 2.01. The van der Waals surface area contributed by atoms with Gasteiger partial charge in [-0.2, -0.15) is 0 Å². The Morgan fingerprint density at radius 1 is 1.25 bits per heavy atom. The van der Waals surface area contributed by atoms with Gasteiger partial charge >= 0.3 is 0 Å². The van der Waals surface area contributed by atoms with E-state index in [0.29, 0.717) is 11.6 Å². The predicted molar refractivity (Wildman–Crippen MR) is 86.8 cm³/mol. The molecule has 3 aromatic rings. The largest absolute Gasteiger partial charge is 0.327 e. The number of rotatable bonds is 2. The van der Waals surface area contributed by atoms with E-state index in [1.54, 1.807) is 0 Å². The van der Waals surface area contributed by atoms with Crippen LogP contribution in [0.1, 0.15) is 5.56 Å². The van der Waals surface area contributed by atoms with Crippen LogP contribution in [0.3, 0.4) is 0 Å². The number of aromatic nitrogens is 2. The van der Waals surface area contributed by atoms with E-state index in [4.69, 9.17) is 22.3 Å². The Morgan fingerprint density at radius 3 is 2.75 bits per heavy atom. The second kappa shape index (κ2) is 5.20.